The van der Waals surface area contributed by atoms with Gasteiger partial charge in [0.05, 0.1) is 0 Å². The predicted octanol–water partition coefficient (Wildman–Crippen LogP) is 3.38. The highest BCUT2D eigenvalue weighted by atomic mass is 16.1. The van der Waals surface area contributed by atoms with Crippen LogP contribution in [0.2, 0.25) is 0 Å². The first-order chi connectivity index (χ1) is 11.6. The third-order valence-electron chi connectivity index (χ3n) is 4.31. The SMILES string of the molecule is Cc1cccc(CNC(=O)c2cc(NC3CCCC3)nc(C)n2)c1. The van der Waals surface area contributed by atoms with E-state index in [-0.39, 0.29) is 5.91 Å². The second-order valence-corrected chi connectivity index (χ2v) is 6.48. The highest BCUT2D eigenvalue weighted by Crippen LogP contribution is 2.21. The number of carbonyl (C=O) groups is 1. The van der Waals surface area contributed by atoms with E-state index in [2.05, 4.69) is 26.7 Å². The lowest BCUT2D eigenvalue weighted by Crippen LogP contribution is -2.25. The number of aryl methyl sites for hydroxylation is 2. The van der Waals surface area contributed by atoms with Gasteiger partial charge < -0.3 is 10.6 Å². The maximum absolute atomic E-state index is 12.4. The van der Waals surface area contributed by atoms with Gasteiger partial charge >= 0.3 is 0 Å². The van der Waals surface area contributed by atoms with Crippen molar-refractivity contribution in [3.63, 3.8) is 0 Å². The average molecular weight is 324 g/mol. The van der Waals surface area contributed by atoms with Crippen molar-refractivity contribution in [1.82, 2.24) is 15.3 Å². The van der Waals surface area contributed by atoms with Crippen LogP contribution in [0.1, 0.15) is 53.1 Å². The Morgan fingerprint density at radius 2 is 1.96 bits per heavy atom. The number of nitrogens with one attached hydrogen (secondary N) is 2. The summed E-state index contributed by atoms with van der Waals surface area (Å²) in [4.78, 5) is 21.1. The Balaban J connectivity index is 1.66. The molecule has 24 heavy (non-hydrogen) atoms. The zero-order chi connectivity index (χ0) is 16.9. The van der Waals surface area contributed by atoms with Crippen LogP contribution in [0.25, 0.3) is 0 Å². The molecule has 1 amide bonds. The molecule has 0 bridgehead atoms. The highest BCUT2D eigenvalue weighted by Gasteiger charge is 2.17. The maximum Gasteiger partial charge on any atom is 0.270 e. The minimum atomic E-state index is -0.170. The van der Waals surface area contributed by atoms with Crippen LogP contribution < -0.4 is 10.6 Å². The molecular weight excluding hydrogens is 300 g/mol. The molecule has 1 aliphatic rings. The molecule has 3 rings (SSSR count). The number of hydrogen-bond donors (Lipinski definition) is 2. The number of anilines is 1. The lowest BCUT2D eigenvalue weighted by molar-refractivity contribution is 0.0945. The Bertz CT molecular complexity index is 723. The quantitative estimate of drug-likeness (QED) is 0.885. The lowest BCUT2D eigenvalue weighted by Gasteiger charge is -2.14. The molecule has 1 aromatic carbocycles. The Labute approximate surface area is 142 Å². The van der Waals surface area contributed by atoms with Gasteiger partial charge in [-0.15, -0.1) is 0 Å². The molecule has 0 unspecified atom stereocenters. The van der Waals surface area contributed by atoms with E-state index in [0.29, 0.717) is 24.1 Å². The van der Waals surface area contributed by atoms with E-state index in [1.165, 1.54) is 18.4 Å². The minimum absolute atomic E-state index is 0.170. The van der Waals surface area contributed by atoms with E-state index in [0.717, 1.165) is 24.2 Å². The Kier molecular flexibility index (Phi) is 5.08. The van der Waals surface area contributed by atoms with Crippen molar-refractivity contribution in [3.05, 3.63) is 53.0 Å². The molecule has 1 aliphatic carbocycles. The molecule has 1 heterocycles. The summed E-state index contributed by atoms with van der Waals surface area (Å²) in [6.45, 7) is 4.35. The number of hydrogen-bond acceptors (Lipinski definition) is 4. The fraction of sp³-hybridized carbons (Fsp3) is 0.421. The Hall–Kier alpha value is -2.43. The topological polar surface area (TPSA) is 66.9 Å². The van der Waals surface area contributed by atoms with Gasteiger partial charge in [-0.3, -0.25) is 4.79 Å². The van der Waals surface area contributed by atoms with Crippen LogP contribution in [0, 0.1) is 13.8 Å². The van der Waals surface area contributed by atoms with Gasteiger partial charge in [-0.05, 0) is 32.3 Å². The first-order valence-electron chi connectivity index (χ1n) is 8.56. The van der Waals surface area contributed by atoms with Gasteiger partial charge in [-0.2, -0.15) is 0 Å². The van der Waals surface area contributed by atoms with Crippen molar-refractivity contribution in [2.45, 2.75) is 52.1 Å². The maximum atomic E-state index is 12.4. The molecule has 2 aromatic rings. The summed E-state index contributed by atoms with van der Waals surface area (Å²) < 4.78 is 0. The third-order valence-corrected chi connectivity index (χ3v) is 4.31. The molecule has 5 nitrogen and oxygen atoms in total. The van der Waals surface area contributed by atoms with Crippen LogP contribution in [0.4, 0.5) is 5.82 Å². The Morgan fingerprint density at radius 1 is 1.17 bits per heavy atom. The van der Waals surface area contributed by atoms with Crippen LogP contribution in [0.5, 0.6) is 0 Å². The summed E-state index contributed by atoms with van der Waals surface area (Å²) in [6, 6.07) is 10.3. The molecule has 0 saturated heterocycles. The van der Waals surface area contributed by atoms with Gasteiger partial charge in [-0.1, -0.05) is 42.7 Å². The fourth-order valence-corrected chi connectivity index (χ4v) is 3.13. The summed E-state index contributed by atoms with van der Waals surface area (Å²) in [7, 11) is 0. The molecule has 0 spiro atoms. The number of rotatable bonds is 5. The molecule has 2 N–H and O–H groups in total. The third kappa shape index (κ3) is 4.31. The first kappa shape index (κ1) is 16.4. The van der Waals surface area contributed by atoms with E-state index in [9.17, 15) is 4.79 Å². The van der Waals surface area contributed by atoms with Gasteiger partial charge in [-0.25, -0.2) is 9.97 Å². The average Bonchev–Trinajstić information content (AvgIpc) is 3.05. The van der Waals surface area contributed by atoms with Gasteiger partial charge in [0.25, 0.3) is 5.91 Å². The van der Waals surface area contributed by atoms with Gasteiger partial charge in [0, 0.05) is 18.7 Å². The van der Waals surface area contributed by atoms with E-state index in [1.54, 1.807) is 6.07 Å². The molecule has 1 saturated carbocycles. The van der Waals surface area contributed by atoms with Gasteiger partial charge in [0.2, 0.25) is 0 Å². The monoisotopic (exact) mass is 324 g/mol. The smallest absolute Gasteiger partial charge is 0.270 e. The zero-order valence-electron chi connectivity index (χ0n) is 14.3. The lowest BCUT2D eigenvalue weighted by atomic mass is 10.1. The summed E-state index contributed by atoms with van der Waals surface area (Å²) >= 11 is 0. The number of nitrogens with zero attached hydrogens (tertiary/aromatic N) is 2. The van der Waals surface area contributed by atoms with Crippen molar-refractivity contribution in [3.8, 4) is 0 Å². The second kappa shape index (κ2) is 7.43. The molecule has 5 heteroatoms. The standard InChI is InChI=1S/C19H24N4O/c1-13-6-5-7-15(10-13)12-20-19(24)17-11-18(22-14(2)21-17)23-16-8-3-4-9-16/h5-7,10-11,16H,3-4,8-9,12H2,1-2H3,(H,20,24)(H,21,22,23). The summed E-state index contributed by atoms with van der Waals surface area (Å²) in [6.07, 6.45) is 4.84. The molecule has 0 aliphatic heterocycles. The van der Waals surface area contributed by atoms with Gasteiger partial charge in [0.1, 0.15) is 17.3 Å². The van der Waals surface area contributed by atoms with Crippen molar-refractivity contribution in [2.75, 3.05) is 5.32 Å². The number of benzene rings is 1. The van der Waals surface area contributed by atoms with E-state index in [4.69, 9.17) is 0 Å². The number of amides is 1. The highest BCUT2D eigenvalue weighted by molar-refractivity contribution is 5.92. The normalized spacial score (nSPS) is 14.6. The van der Waals surface area contributed by atoms with Crippen LogP contribution in [-0.4, -0.2) is 21.9 Å². The zero-order valence-corrected chi connectivity index (χ0v) is 14.3. The molecule has 1 fully saturated rings. The number of carbonyl (C=O) groups excluding carboxylic acids is 1. The summed E-state index contributed by atoms with van der Waals surface area (Å²) in [5.41, 5.74) is 2.68. The van der Waals surface area contributed by atoms with Crippen molar-refractivity contribution in [1.29, 1.82) is 0 Å². The van der Waals surface area contributed by atoms with Crippen molar-refractivity contribution >= 4 is 11.7 Å². The second-order valence-electron chi connectivity index (χ2n) is 6.48. The molecular formula is C19H24N4O. The largest absolute Gasteiger partial charge is 0.367 e. The summed E-state index contributed by atoms with van der Waals surface area (Å²) in [5, 5.41) is 6.36. The molecule has 1 aromatic heterocycles. The fourth-order valence-electron chi connectivity index (χ4n) is 3.13. The van der Waals surface area contributed by atoms with Gasteiger partial charge in [0.15, 0.2) is 0 Å². The van der Waals surface area contributed by atoms with Crippen LogP contribution in [0.15, 0.2) is 30.3 Å². The number of aromatic nitrogens is 2. The van der Waals surface area contributed by atoms with Crippen LogP contribution >= 0.6 is 0 Å². The molecule has 126 valence electrons. The van der Waals surface area contributed by atoms with Crippen LogP contribution in [0.3, 0.4) is 0 Å². The first-order valence-corrected chi connectivity index (χ1v) is 8.56. The summed E-state index contributed by atoms with van der Waals surface area (Å²) in [5.74, 6) is 1.19. The molecule has 0 radical (unpaired) electrons. The van der Waals surface area contributed by atoms with E-state index in [1.807, 2.05) is 32.0 Å². The van der Waals surface area contributed by atoms with Crippen molar-refractivity contribution in [2.24, 2.45) is 0 Å². The van der Waals surface area contributed by atoms with E-state index < -0.39 is 0 Å². The van der Waals surface area contributed by atoms with Crippen molar-refractivity contribution < 1.29 is 4.79 Å². The molecule has 0 atom stereocenters. The van der Waals surface area contributed by atoms with Crippen LogP contribution in [-0.2, 0) is 6.54 Å². The minimum Gasteiger partial charge on any atom is -0.367 e. The Morgan fingerprint density at radius 3 is 2.71 bits per heavy atom. The predicted molar refractivity (Wildman–Crippen MR) is 95.0 cm³/mol. The van der Waals surface area contributed by atoms with E-state index >= 15 is 0 Å².